The third kappa shape index (κ3) is 6.25. The van der Waals surface area contributed by atoms with Gasteiger partial charge in [-0.3, -0.25) is 4.79 Å². The first-order valence-electron chi connectivity index (χ1n) is 12.8. The summed E-state index contributed by atoms with van der Waals surface area (Å²) in [6, 6.07) is 12.8. The van der Waals surface area contributed by atoms with E-state index in [4.69, 9.17) is 9.84 Å². The van der Waals surface area contributed by atoms with E-state index in [1.807, 2.05) is 7.05 Å². The number of aliphatic carboxylic acids is 1. The molecule has 3 N–H and O–H groups in total. The fraction of sp³-hybridized carbons (Fsp3) is 0.200. The smallest absolute Gasteiger partial charge is 0.303 e. The van der Waals surface area contributed by atoms with Crippen LogP contribution < -0.4 is 4.74 Å². The SMILES string of the molecule is CN1CCc2nc(-c3cc(Oc4c(F)cc5[nH]ccc5c4F)ccc3F)[nH]c2C1.O=C(O)CCc1ccccc1F. The van der Waals surface area contributed by atoms with E-state index in [0.29, 0.717) is 23.4 Å². The molecule has 0 radical (unpaired) electrons. The Balaban J connectivity index is 0.000000237. The van der Waals surface area contributed by atoms with E-state index in [0.717, 1.165) is 30.4 Å². The largest absolute Gasteiger partial charge is 0.481 e. The lowest BCUT2D eigenvalue weighted by atomic mass is 10.1. The maximum absolute atomic E-state index is 14.7. The molecule has 11 heteroatoms. The fourth-order valence-electron chi connectivity index (χ4n) is 4.57. The van der Waals surface area contributed by atoms with Gasteiger partial charge in [0.15, 0.2) is 17.4 Å². The van der Waals surface area contributed by atoms with Gasteiger partial charge in [0.05, 0.1) is 22.5 Å². The number of carboxylic acids is 1. The highest BCUT2D eigenvalue weighted by Crippen LogP contribution is 2.35. The molecule has 0 atom stereocenters. The quantitative estimate of drug-likeness (QED) is 0.202. The van der Waals surface area contributed by atoms with Crippen LogP contribution in [0.4, 0.5) is 17.6 Å². The summed E-state index contributed by atoms with van der Waals surface area (Å²) in [6.07, 6.45) is 2.51. The van der Waals surface area contributed by atoms with Gasteiger partial charge in [-0.05, 0) is 49.4 Å². The fourth-order valence-corrected chi connectivity index (χ4v) is 4.57. The van der Waals surface area contributed by atoms with Crippen LogP contribution >= 0.6 is 0 Å². The van der Waals surface area contributed by atoms with Crippen LogP contribution in [0.5, 0.6) is 11.5 Å². The molecule has 7 nitrogen and oxygen atoms in total. The second-order valence-electron chi connectivity index (χ2n) is 9.67. The number of H-pyrrole nitrogens is 2. The number of aromatic nitrogens is 3. The van der Waals surface area contributed by atoms with E-state index in [-0.39, 0.29) is 35.4 Å². The first kappa shape index (κ1) is 27.9. The summed E-state index contributed by atoms with van der Waals surface area (Å²) in [7, 11) is 2.00. The summed E-state index contributed by atoms with van der Waals surface area (Å²) in [6.45, 7) is 1.58. The Kier molecular flexibility index (Phi) is 8.06. The average Bonchev–Trinajstić information content (AvgIpc) is 3.58. The number of fused-ring (bicyclic) bond motifs is 2. The molecular weight excluding hydrogens is 540 g/mol. The van der Waals surface area contributed by atoms with E-state index in [1.165, 1.54) is 36.5 Å². The minimum Gasteiger partial charge on any atom is -0.481 e. The number of hydrogen-bond acceptors (Lipinski definition) is 4. The molecule has 0 fully saturated rings. The summed E-state index contributed by atoms with van der Waals surface area (Å²) in [5.41, 5.74) is 2.81. The van der Waals surface area contributed by atoms with Crippen molar-refractivity contribution in [1.82, 2.24) is 19.9 Å². The number of nitrogens with zero attached hydrogens (tertiary/aromatic N) is 2. The standard InChI is InChI=1S/C21H17F3N4O.C9H9FO2/c1-28-7-5-16-18(10-28)27-21(26-16)13-8-11(2-3-14(13)22)29-20-15(23)9-17-12(19(20)24)4-6-25-17;10-8-4-2-1-3-7(8)5-6-9(11)12/h2-4,6,8-9,25H,5,7,10H2,1H3,(H,26,27);1-4H,5-6H2,(H,11,12). The summed E-state index contributed by atoms with van der Waals surface area (Å²) >= 11 is 0. The molecule has 0 unspecified atom stereocenters. The lowest BCUT2D eigenvalue weighted by Crippen LogP contribution is -2.26. The molecule has 2 aromatic heterocycles. The van der Waals surface area contributed by atoms with Crippen LogP contribution in [-0.4, -0.2) is 44.5 Å². The van der Waals surface area contributed by atoms with Crippen LogP contribution in [0.25, 0.3) is 22.3 Å². The molecule has 1 aliphatic heterocycles. The Labute approximate surface area is 232 Å². The zero-order chi connectivity index (χ0) is 29.1. The van der Waals surface area contributed by atoms with Gasteiger partial charge in [0.25, 0.3) is 0 Å². The second-order valence-corrected chi connectivity index (χ2v) is 9.67. The van der Waals surface area contributed by atoms with Crippen molar-refractivity contribution in [1.29, 1.82) is 0 Å². The van der Waals surface area contributed by atoms with E-state index < -0.39 is 29.2 Å². The zero-order valence-corrected chi connectivity index (χ0v) is 22.0. The van der Waals surface area contributed by atoms with Crippen molar-refractivity contribution < 1.29 is 32.2 Å². The number of carboxylic acid groups (broad SMARTS) is 1. The number of aryl methyl sites for hydroxylation is 1. The maximum Gasteiger partial charge on any atom is 0.303 e. The Morgan fingerprint density at radius 3 is 2.63 bits per heavy atom. The number of benzene rings is 3. The molecule has 3 heterocycles. The van der Waals surface area contributed by atoms with Crippen molar-refractivity contribution in [3.05, 3.63) is 101 Å². The number of nitrogens with one attached hydrogen (secondary N) is 2. The lowest BCUT2D eigenvalue weighted by Gasteiger charge is -2.20. The van der Waals surface area contributed by atoms with Crippen molar-refractivity contribution in [3.63, 3.8) is 0 Å². The van der Waals surface area contributed by atoms with Gasteiger partial charge in [0.2, 0.25) is 0 Å². The molecule has 0 saturated heterocycles. The summed E-state index contributed by atoms with van der Waals surface area (Å²) in [4.78, 5) is 22.7. The van der Waals surface area contributed by atoms with Crippen molar-refractivity contribution in [2.24, 2.45) is 0 Å². The Morgan fingerprint density at radius 1 is 1.05 bits per heavy atom. The average molecular weight is 567 g/mol. The number of ether oxygens (including phenoxy) is 1. The van der Waals surface area contributed by atoms with E-state index in [9.17, 15) is 22.4 Å². The Morgan fingerprint density at radius 2 is 1.85 bits per heavy atom. The van der Waals surface area contributed by atoms with Crippen LogP contribution in [0.15, 0.2) is 60.8 Å². The number of rotatable bonds is 6. The molecular formula is C30H26F4N4O3. The third-order valence-corrected chi connectivity index (χ3v) is 6.70. The third-order valence-electron chi connectivity index (χ3n) is 6.70. The van der Waals surface area contributed by atoms with Crippen LogP contribution in [0.2, 0.25) is 0 Å². The Bertz CT molecular complexity index is 1720. The van der Waals surface area contributed by atoms with Crippen LogP contribution in [0.1, 0.15) is 23.4 Å². The molecule has 0 saturated carbocycles. The molecule has 6 rings (SSSR count). The lowest BCUT2D eigenvalue weighted by molar-refractivity contribution is -0.136. The van der Waals surface area contributed by atoms with Gasteiger partial charge >= 0.3 is 5.97 Å². The highest BCUT2D eigenvalue weighted by atomic mass is 19.1. The number of halogens is 4. The molecule has 212 valence electrons. The van der Waals surface area contributed by atoms with Crippen LogP contribution in [0.3, 0.4) is 0 Å². The number of imidazole rings is 1. The summed E-state index contributed by atoms with van der Waals surface area (Å²) < 4.78 is 61.8. The normalized spacial score (nSPS) is 13.0. The summed E-state index contributed by atoms with van der Waals surface area (Å²) in [5.74, 6) is -3.45. The minimum absolute atomic E-state index is 0.0269. The van der Waals surface area contributed by atoms with Crippen molar-refractivity contribution in [2.45, 2.75) is 25.8 Å². The van der Waals surface area contributed by atoms with Crippen LogP contribution in [-0.2, 0) is 24.2 Å². The number of carbonyl (C=O) groups is 1. The topological polar surface area (TPSA) is 94.2 Å². The van der Waals surface area contributed by atoms with Crippen molar-refractivity contribution in [3.8, 4) is 22.9 Å². The van der Waals surface area contributed by atoms with Gasteiger partial charge < -0.3 is 24.7 Å². The van der Waals surface area contributed by atoms with Crippen molar-refractivity contribution in [2.75, 3.05) is 13.6 Å². The van der Waals surface area contributed by atoms with E-state index in [2.05, 4.69) is 19.9 Å². The highest BCUT2D eigenvalue weighted by molar-refractivity contribution is 5.82. The van der Waals surface area contributed by atoms with Gasteiger partial charge in [0.1, 0.15) is 23.2 Å². The first-order chi connectivity index (χ1) is 19.7. The molecule has 0 spiro atoms. The first-order valence-corrected chi connectivity index (χ1v) is 12.8. The van der Waals surface area contributed by atoms with E-state index in [1.54, 1.807) is 18.2 Å². The highest BCUT2D eigenvalue weighted by Gasteiger charge is 2.21. The number of aromatic amines is 2. The molecule has 5 aromatic rings. The Hall–Kier alpha value is -4.64. The predicted octanol–water partition coefficient (Wildman–Crippen LogP) is 6.60. The minimum atomic E-state index is -0.904. The predicted molar refractivity (Wildman–Crippen MR) is 145 cm³/mol. The zero-order valence-electron chi connectivity index (χ0n) is 22.0. The second kappa shape index (κ2) is 11.8. The van der Waals surface area contributed by atoms with Crippen LogP contribution in [0, 0.1) is 23.3 Å². The number of hydrogen-bond donors (Lipinski definition) is 3. The molecule has 1 aliphatic rings. The van der Waals surface area contributed by atoms with Gasteiger partial charge in [0, 0.05) is 43.6 Å². The monoisotopic (exact) mass is 566 g/mol. The molecule has 41 heavy (non-hydrogen) atoms. The van der Waals surface area contributed by atoms with E-state index >= 15 is 0 Å². The molecule has 0 bridgehead atoms. The van der Waals surface area contributed by atoms with Gasteiger partial charge in [-0.25, -0.2) is 22.5 Å². The molecule has 0 aliphatic carbocycles. The summed E-state index contributed by atoms with van der Waals surface area (Å²) in [5, 5.41) is 8.56. The van der Waals surface area contributed by atoms with Gasteiger partial charge in [-0.1, -0.05) is 18.2 Å². The van der Waals surface area contributed by atoms with Gasteiger partial charge in [-0.15, -0.1) is 0 Å². The van der Waals surface area contributed by atoms with Crippen molar-refractivity contribution >= 4 is 16.9 Å². The van der Waals surface area contributed by atoms with Gasteiger partial charge in [-0.2, -0.15) is 0 Å². The molecule has 3 aromatic carbocycles. The number of likely N-dealkylation sites (N-methyl/N-ethyl adjacent to an activating group) is 1. The maximum atomic E-state index is 14.7. The molecule has 0 amide bonds.